The van der Waals surface area contributed by atoms with Crippen molar-refractivity contribution >= 4 is 59.2 Å². The van der Waals surface area contributed by atoms with Crippen LogP contribution < -0.4 is 40.4 Å². The van der Waals surface area contributed by atoms with E-state index in [1.807, 2.05) is 55.4 Å². The molecule has 4 saturated heterocycles. The Morgan fingerprint density at radius 3 is 1.41 bits per heavy atom. The lowest BCUT2D eigenvalue weighted by Crippen LogP contribution is -2.29. The summed E-state index contributed by atoms with van der Waals surface area (Å²) in [6.45, 7) is 28.4. The Balaban J connectivity index is 0.000000316. The first-order valence-electron chi connectivity index (χ1n) is 17.8. The minimum atomic E-state index is 0.0949. The first-order valence-corrected chi connectivity index (χ1v) is 20.5. The quantitative estimate of drug-likeness (QED) is 0.128. The zero-order valence-electron chi connectivity index (χ0n) is 34.7. The number of carbonyl (C=O) groups is 1. The third kappa shape index (κ3) is 17.9. The van der Waals surface area contributed by atoms with Crippen LogP contribution in [-0.4, -0.2) is 101 Å². The molecule has 0 aromatic carbocycles. The van der Waals surface area contributed by atoms with Crippen LogP contribution >= 0.6 is 48.2 Å². The van der Waals surface area contributed by atoms with Gasteiger partial charge in [-0.1, -0.05) is 17.2 Å². The highest BCUT2D eigenvalue weighted by atomic mass is 32.2. The molecule has 0 bridgehead atoms. The molecule has 4 aliphatic heterocycles. The molecule has 0 saturated carbocycles. The van der Waals surface area contributed by atoms with E-state index >= 15 is 0 Å². The number of methoxy groups -OCH3 is 1. The molecule has 7 rings (SSSR count). The largest absolute Gasteiger partial charge is 0.480 e. The van der Waals surface area contributed by atoms with Crippen molar-refractivity contribution in [3.05, 3.63) is 34.0 Å². The Hall–Kier alpha value is -2.63. The SMILES string of the molecule is CC1NC(=S)NC1C.CC1NNC(=O)C1C.CC1NSN(C)C1C.CC1NSNC1C.COc1n[nH]c(C)c1C.Cc1nonc1C.Cc1nsnc1C. The second kappa shape index (κ2) is 25.5. The average Bonchev–Trinajstić information content (AvgIpc) is 4.02. The topological polar surface area (TPSA) is 207 Å². The number of hydrazine groups is 1. The molecular weight excluding hydrogens is 769 g/mol. The van der Waals surface area contributed by atoms with Crippen LogP contribution in [0, 0.1) is 47.5 Å². The molecule has 3 aromatic heterocycles. The number of aryl methyl sites for hydroxylation is 5. The predicted octanol–water partition coefficient (Wildman–Crippen LogP) is 4.14. The summed E-state index contributed by atoms with van der Waals surface area (Å²) < 4.78 is 29.0. The molecule has 308 valence electrons. The lowest BCUT2D eigenvalue weighted by Gasteiger charge is -2.12. The number of hydrogen-bond acceptors (Lipinski definition) is 17. The summed E-state index contributed by atoms with van der Waals surface area (Å²) in [6.07, 6.45) is 0. The molecular formula is C33H64N14O3S4. The molecule has 21 heteroatoms. The summed E-state index contributed by atoms with van der Waals surface area (Å²) in [4.78, 5) is 10.6. The number of amides is 1. The summed E-state index contributed by atoms with van der Waals surface area (Å²) in [5, 5.41) is 20.7. The van der Waals surface area contributed by atoms with Crippen LogP contribution in [0.1, 0.15) is 89.4 Å². The van der Waals surface area contributed by atoms with E-state index in [2.05, 4.69) is 122 Å². The number of carbonyl (C=O) groups excluding carboxylic acids is 1. The molecule has 8 unspecified atom stereocenters. The summed E-state index contributed by atoms with van der Waals surface area (Å²) in [5.74, 6) is 0.903. The van der Waals surface area contributed by atoms with E-state index in [1.54, 1.807) is 31.4 Å². The average molecular weight is 833 g/mol. The van der Waals surface area contributed by atoms with Crippen molar-refractivity contribution in [2.45, 2.75) is 139 Å². The van der Waals surface area contributed by atoms with Crippen molar-refractivity contribution in [1.29, 1.82) is 0 Å². The maximum atomic E-state index is 10.6. The van der Waals surface area contributed by atoms with E-state index in [-0.39, 0.29) is 17.9 Å². The fourth-order valence-electron chi connectivity index (χ4n) is 3.65. The smallest absolute Gasteiger partial charge is 0.238 e. The van der Waals surface area contributed by atoms with Crippen LogP contribution in [0.15, 0.2) is 4.63 Å². The van der Waals surface area contributed by atoms with Gasteiger partial charge in [-0.05, 0) is 109 Å². The maximum Gasteiger partial charge on any atom is 0.238 e. The van der Waals surface area contributed by atoms with Gasteiger partial charge >= 0.3 is 0 Å². The van der Waals surface area contributed by atoms with Gasteiger partial charge in [0.15, 0.2) is 5.11 Å². The minimum absolute atomic E-state index is 0.0949. The number of aromatic amines is 1. The molecule has 8 atom stereocenters. The zero-order valence-corrected chi connectivity index (χ0v) is 37.9. The monoisotopic (exact) mass is 832 g/mol. The molecule has 1 amide bonds. The van der Waals surface area contributed by atoms with Crippen molar-refractivity contribution in [3.8, 4) is 5.88 Å². The van der Waals surface area contributed by atoms with Gasteiger partial charge in [-0.2, -0.15) is 8.75 Å². The maximum absolute atomic E-state index is 10.6. The van der Waals surface area contributed by atoms with Crippen LogP contribution in [0.2, 0.25) is 0 Å². The van der Waals surface area contributed by atoms with Gasteiger partial charge in [0.1, 0.15) is 11.4 Å². The van der Waals surface area contributed by atoms with E-state index in [1.165, 1.54) is 11.7 Å². The van der Waals surface area contributed by atoms with Crippen molar-refractivity contribution in [2.75, 3.05) is 14.2 Å². The van der Waals surface area contributed by atoms with Gasteiger partial charge in [0.25, 0.3) is 0 Å². The normalized spacial score (nSPS) is 26.5. The van der Waals surface area contributed by atoms with Crippen molar-refractivity contribution < 1.29 is 14.2 Å². The summed E-state index contributed by atoms with van der Waals surface area (Å²) >= 11 is 9.40. The number of H-pyrrole nitrogens is 1. The fraction of sp³-hybridized carbons (Fsp3) is 0.727. The van der Waals surface area contributed by atoms with Crippen molar-refractivity contribution in [2.24, 2.45) is 5.92 Å². The molecule has 54 heavy (non-hydrogen) atoms. The fourth-order valence-corrected chi connectivity index (χ4v) is 6.30. The van der Waals surface area contributed by atoms with Crippen LogP contribution in [0.4, 0.5) is 0 Å². The molecule has 4 aliphatic rings. The highest BCUT2D eigenvalue weighted by Gasteiger charge is 2.26. The minimum Gasteiger partial charge on any atom is -0.480 e. The summed E-state index contributed by atoms with van der Waals surface area (Å²) in [7, 11) is 3.72. The van der Waals surface area contributed by atoms with Gasteiger partial charge in [-0.25, -0.2) is 28.5 Å². The number of rotatable bonds is 1. The van der Waals surface area contributed by atoms with E-state index in [0.29, 0.717) is 42.1 Å². The van der Waals surface area contributed by atoms with E-state index in [4.69, 9.17) is 17.0 Å². The van der Waals surface area contributed by atoms with E-state index in [9.17, 15) is 4.79 Å². The molecule has 4 fully saturated rings. The van der Waals surface area contributed by atoms with Gasteiger partial charge in [0.2, 0.25) is 11.8 Å². The zero-order chi connectivity index (χ0) is 41.1. The molecule has 0 radical (unpaired) electrons. The lowest BCUT2D eigenvalue weighted by atomic mass is 10.1. The number of nitrogens with one attached hydrogen (secondary N) is 8. The number of aromatic nitrogens is 6. The molecule has 7 heterocycles. The van der Waals surface area contributed by atoms with Gasteiger partial charge in [0.05, 0.1) is 36.1 Å². The molecule has 3 aromatic rings. The second-order valence-electron chi connectivity index (χ2n) is 13.5. The third-order valence-corrected chi connectivity index (χ3v) is 12.2. The van der Waals surface area contributed by atoms with Gasteiger partial charge < -0.3 is 15.4 Å². The van der Waals surface area contributed by atoms with Crippen LogP contribution in [0.25, 0.3) is 0 Å². The predicted molar refractivity (Wildman–Crippen MR) is 226 cm³/mol. The third-order valence-electron chi connectivity index (χ3n) is 9.13. The van der Waals surface area contributed by atoms with Gasteiger partial charge in [-0.15, -0.1) is 5.10 Å². The highest BCUT2D eigenvalue weighted by Crippen LogP contribution is 2.19. The first-order chi connectivity index (χ1) is 25.3. The number of likely N-dealkylation sites (N-methyl/N-ethyl adjacent to an activating group) is 1. The molecule has 0 aliphatic carbocycles. The van der Waals surface area contributed by atoms with Gasteiger partial charge in [0, 0.05) is 77.8 Å². The Morgan fingerprint density at radius 1 is 0.741 bits per heavy atom. The Bertz CT molecular complexity index is 1410. The Kier molecular flexibility index (Phi) is 23.3. The van der Waals surface area contributed by atoms with Crippen molar-refractivity contribution in [1.82, 2.24) is 69.2 Å². The van der Waals surface area contributed by atoms with E-state index < -0.39 is 0 Å². The van der Waals surface area contributed by atoms with Crippen LogP contribution in [0.3, 0.4) is 0 Å². The lowest BCUT2D eigenvalue weighted by molar-refractivity contribution is -0.122. The van der Waals surface area contributed by atoms with E-state index in [0.717, 1.165) is 39.1 Å². The van der Waals surface area contributed by atoms with Crippen molar-refractivity contribution in [3.63, 3.8) is 0 Å². The highest BCUT2D eigenvalue weighted by molar-refractivity contribution is 7.95. The number of thiocarbonyl (C=S) groups is 1. The summed E-state index contributed by atoms with van der Waals surface area (Å²) in [5.41, 5.74) is 11.3. The second-order valence-corrected chi connectivity index (χ2v) is 16.1. The summed E-state index contributed by atoms with van der Waals surface area (Å²) in [6, 6.07) is 3.78. The standard InChI is InChI=1S/C6H10N2O.C5H10N2O.C5H12N2S.C5H10N2S.C4H6N2O.C4H10N2S.C4H6N2S/c1-4-5(2)7-8-6(4)9-3;1-3-4(2)6-7-5(3)8;1-4-5(2)7(3)8-6-4;1-3-4(2)7-5(8)6-3;3*1-3-4(2)6-7-5-3/h1-3H3,(H,7,8);3-4,6H,1-2H3,(H,7,8);4-6H,1-3H3;3-4H,1-2H3,(H2,6,7,8);1-2H3;3-6H,1-2H3;1-2H3. The number of ether oxygens (including phenoxy) is 1. The van der Waals surface area contributed by atoms with Gasteiger partial charge in [-0.3, -0.25) is 15.3 Å². The Morgan fingerprint density at radius 2 is 1.26 bits per heavy atom. The first kappa shape index (κ1) is 49.4. The van der Waals surface area contributed by atoms with Crippen LogP contribution in [-0.2, 0) is 4.79 Å². The molecule has 17 nitrogen and oxygen atoms in total. The molecule has 8 N–H and O–H groups in total. The number of hydrogen-bond donors (Lipinski definition) is 8. The van der Waals surface area contributed by atoms with Crippen LogP contribution in [0.5, 0.6) is 5.88 Å². The Labute approximate surface area is 340 Å². The molecule has 0 spiro atoms. The number of nitrogens with zero attached hydrogens (tertiary/aromatic N) is 6.